The Morgan fingerprint density at radius 1 is 1.36 bits per heavy atom. The number of aliphatic hydroxyl groups excluding tert-OH is 1. The van der Waals surface area contributed by atoms with Crippen molar-refractivity contribution in [1.29, 1.82) is 0 Å². The minimum absolute atomic E-state index is 0.0101. The summed E-state index contributed by atoms with van der Waals surface area (Å²) < 4.78 is 7.36. The van der Waals surface area contributed by atoms with Gasteiger partial charge in [0.05, 0.1) is 12.2 Å². The highest BCUT2D eigenvalue weighted by Gasteiger charge is 2.12. The molecule has 0 radical (unpaired) electrons. The third-order valence-corrected chi connectivity index (χ3v) is 3.81. The number of aromatic nitrogens is 2. The van der Waals surface area contributed by atoms with Crippen LogP contribution >= 0.6 is 0 Å². The van der Waals surface area contributed by atoms with Crippen molar-refractivity contribution < 1.29 is 14.6 Å². The van der Waals surface area contributed by atoms with E-state index in [4.69, 9.17) is 4.74 Å². The van der Waals surface area contributed by atoms with Crippen LogP contribution < -0.4 is 4.74 Å². The van der Waals surface area contributed by atoms with Gasteiger partial charge in [0, 0.05) is 11.3 Å². The van der Waals surface area contributed by atoms with Gasteiger partial charge in [0.2, 0.25) is 0 Å². The molecule has 0 aliphatic heterocycles. The molecule has 5 heteroatoms. The van der Waals surface area contributed by atoms with Crippen molar-refractivity contribution in [2.75, 3.05) is 6.61 Å². The van der Waals surface area contributed by atoms with E-state index in [2.05, 4.69) is 5.10 Å². The van der Waals surface area contributed by atoms with Crippen LogP contribution in [0.1, 0.15) is 34.2 Å². The van der Waals surface area contributed by atoms with Crippen LogP contribution in [0.5, 0.6) is 5.75 Å². The number of benzene rings is 1. The topological polar surface area (TPSA) is 64.3 Å². The van der Waals surface area contributed by atoms with Crippen LogP contribution in [0.25, 0.3) is 0 Å². The zero-order chi connectivity index (χ0) is 16.3. The minimum atomic E-state index is -0.668. The van der Waals surface area contributed by atoms with Crippen molar-refractivity contribution in [2.45, 2.75) is 40.3 Å². The van der Waals surface area contributed by atoms with Crippen LogP contribution in [-0.2, 0) is 6.54 Å². The Kier molecular flexibility index (Phi) is 4.98. The maximum Gasteiger partial charge on any atom is 0.159 e. The lowest BCUT2D eigenvalue weighted by atomic mass is 10.1. The minimum Gasteiger partial charge on any atom is -0.491 e. The smallest absolute Gasteiger partial charge is 0.159 e. The van der Waals surface area contributed by atoms with E-state index in [1.54, 1.807) is 28.9 Å². The number of nitrogens with zero attached hydrogens (tertiary/aromatic N) is 2. The second-order valence-electron chi connectivity index (χ2n) is 5.53. The average Bonchev–Trinajstić information content (AvgIpc) is 2.73. The number of hydrogen-bond acceptors (Lipinski definition) is 4. The third-order valence-electron chi connectivity index (χ3n) is 3.81. The molecule has 1 aromatic carbocycles. The summed E-state index contributed by atoms with van der Waals surface area (Å²) in [5.74, 6) is 0.570. The summed E-state index contributed by atoms with van der Waals surface area (Å²) in [6.07, 6.45) is -0.668. The van der Waals surface area contributed by atoms with Gasteiger partial charge in [-0.25, -0.2) is 0 Å². The Morgan fingerprint density at radius 2 is 2.09 bits per heavy atom. The van der Waals surface area contributed by atoms with Crippen molar-refractivity contribution in [3.63, 3.8) is 0 Å². The number of aliphatic hydroxyl groups is 1. The van der Waals surface area contributed by atoms with E-state index in [1.807, 2.05) is 20.8 Å². The molecule has 22 heavy (non-hydrogen) atoms. The maximum absolute atomic E-state index is 11.3. The summed E-state index contributed by atoms with van der Waals surface area (Å²) in [6, 6.07) is 6.96. The lowest BCUT2D eigenvalue weighted by Crippen LogP contribution is -2.24. The number of ketones is 1. The summed E-state index contributed by atoms with van der Waals surface area (Å²) in [4.78, 5) is 11.3. The van der Waals surface area contributed by atoms with E-state index in [9.17, 15) is 9.90 Å². The van der Waals surface area contributed by atoms with Gasteiger partial charge >= 0.3 is 0 Å². The van der Waals surface area contributed by atoms with Crippen molar-refractivity contribution in [2.24, 2.45) is 0 Å². The Bertz CT molecular complexity index is 677. The molecule has 0 spiro atoms. The summed E-state index contributed by atoms with van der Waals surface area (Å²) >= 11 is 0. The second kappa shape index (κ2) is 6.75. The number of aryl methyl sites for hydroxylation is 1. The standard InChI is InChI=1S/C17H22N2O3/c1-11-12(2)18-19(13(11)3)9-16(21)10-22-17-7-5-6-15(8-17)14(4)20/h5-8,16,21H,9-10H2,1-4H3/t16-/m1/s1. The second-order valence-corrected chi connectivity index (χ2v) is 5.53. The molecule has 1 atom stereocenters. The first-order chi connectivity index (χ1) is 10.4. The summed E-state index contributed by atoms with van der Waals surface area (Å²) in [5, 5.41) is 14.5. The fourth-order valence-electron chi connectivity index (χ4n) is 2.21. The highest BCUT2D eigenvalue weighted by Crippen LogP contribution is 2.15. The molecule has 1 aromatic heterocycles. The summed E-state index contributed by atoms with van der Waals surface area (Å²) in [6.45, 7) is 8.00. The summed E-state index contributed by atoms with van der Waals surface area (Å²) in [7, 11) is 0. The van der Waals surface area contributed by atoms with E-state index < -0.39 is 6.10 Å². The van der Waals surface area contributed by atoms with E-state index in [1.165, 1.54) is 6.92 Å². The monoisotopic (exact) mass is 302 g/mol. The molecule has 0 aliphatic rings. The molecule has 1 N–H and O–H groups in total. The molecule has 1 heterocycles. The fraction of sp³-hybridized carbons (Fsp3) is 0.412. The van der Waals surface area contributed by atoms with Crippen LogP contribution in [0.15, 0.2) is 24.3 Å². The van der Waals surface area contributed by atoms with Crippen LogP contribution in [0.2, 0.25) is 0 Å². The maximum atomic E-state index is 11.3. The van der Waals surface area contributed by atoms with Crippen molar-refractivity contribution in [1.82, 2.24) is 9.78 Å². The first-order valence-corrected chi connectivity index (χ1v) is 7.31. The number of ether oxygens (including phenoxy) is 1. The lowest BCUT2D eigenvalue weighted by molar-refractivity contribution is 0.0886. The molecule has 5 nitrogen and oxygen atoms in total. The molecule has 0 saturated heterocycles. The predicted octanol–water partition coefficient (Wildman–Crippen LogP) is 2.45. The van der Waals surface area contributed by atoms with E-state index in [-0.39, 0.29) is 12.4 Å². The van der Waals surface area contributed by atoms with Gasteiger partial charge in [-0.05, 0) is 45.4 Å². The van der Waals surface area contributed by atoms with Gasteiger partial charge in [0.25, 0.3) is 0 Å². The SMILES string of the molecule is CC(=O)c1cccc(OC[C@H](O)Cn2nc(C)c(C)c2C)c1. The number of rotatable bonds is 6. The Hall–Kier alpha value is -2.14. The van der Waals surface area contributed by atoms with E-state index in [0.717, 1.165) is 17.0 Å². The zero-order valence-electron chi connectivity index (χ0n) is 13.5. The normalized spacial score (nSPS) is 12.2. The quantitative estimate of drug-likeness (QED) is 0.833. The molecule has 0 unspecified atom stereocenters. The lowest BCUT2D eigenvalue weighted by Gasteiger charge is -2.14. The molecule has 0 aliphatic carbocycles. The Balaban J connectivity index is 1.95. The van der Waals surface area contributed by atoms with Crippen LogP contribution in [0.4, 0.5) is 0 Å². The first kappa shape index (κ1) is 16.2. The molecule has 0 amide bonds. The molecular weight excluding hydrogens is 280 g/mol. The van der Waals surface area contributed by atoms with Gasteiger partial charge in [0.15, 0.2) is 5.78 Å². The number of carbonyl (C=O) groups excluding carboxylic acids is 1. The molecule has 0 bridgehead atoms. The van der Waals surface area contributed by atoms with Gasteiger partial charge in [-0.15, -0.1) is 0 Å². The van der Waals surface area contributed by atoms with Crippen molar-refractivity contribution in [3.8, 4) is 5.75 Å². The highest BCUT2D eigenvalue weighted by atomic mass is 16.5. The average molecular weight is 302 g/mol. The molecule has 2 aromatic rings. The van der Waals surface area contributed by atoms with Gasteiger partial charge < -0.3 is 9.84 Å². The third kappa shape index (κ3) is 3.74. The predicted molar refractivity (Wildman–Crippen MR) is 84.4 cm³/mol. The largest absolute Gasteiger partial charge is 0.491 e. The van der Waals surface area contributed by atoms with Crippen LogP contribution in [0, 0.1) is 20.8 Å². The molecule has 2 rings (SSSR count). The summed E-state index contributed by atoms with van der Waals surface area (Å²) in [5.41, 5.74) is 3.76. The number of Topliss-reactive ketones (excluding diaryl/α,β-unsaturated/α-hetero) is 1. The highest BCUT2D eigenvalue weighted by molar-refractivity contribution is 5.94. The van der Waals surface area contributed by atoms with Crippen molar-refractivity contribution >= 4 is 5.78 Å². The Morgan fingerprint density at radius 3 is 2.68 bits per heavy atom. The van der Waals surface area contributed by atoms with Crippen LogP contribution in [0.3, 0.4) is 0 Å². The first-order valence-electron chi connectivity index (χ1n) is 7.31. The van der Waals surface area contributed by atoms with Gasteiger partial charge in [-0.3, -0.25) is 9.48 Å². The van der Waals surface area contributed by atoms with Crippen molar-refractivity contribution in [3.05, 3.63) is 46.8 Å². The van der Waals surface area contributed by atoms with Crippen LogP contribution in [-0.4, -0.2) is 33.4 Å². The zero-order valence-corrected chi connectivity index (χ0v) is 13.5. The van der Waals surface area contributed by atoms with Gasteiger partial charge in [-0.2, -0.15) is 5.10 Å². The molecular formula is C17H22N2O3. The van der Waals surface area contributed by atoms with Gasteiger partial charge in [-0.1, -0.05) is 12.1 Å². The van der Waals surface area contributed by atoms with Gasteiger partial charge in [0.1, 0.15) is 18.5 Å². The molecule has 0 fully saturated rings. The fourth-order valence-corrected chi connectivity index (χ4v) is 2.21. The molecule has 0 saturated carbocycles. The number of hydrogen-bond donors (Lipinski definition) is 1. The van der Waals surface area contributed by atoms with E-state index >= 15 is 0 Å². The molecule has 118 valence electrons. The number of carbonyl (C=O) groups is 1. The van der Waals surface area contributed by atoms with E-state index in [0.29, 0.717) is 17.9 Å². The Labute approximate surface area is 130 Å².